The first-order valence-corrected chi connectivity index (χ1v) is 8.30. The van der Waals surface area contributed by atoms with E-state index in [1.165, 1.54) is 7.11 Å². The van der Waals surface area contributed by atoms with Crippen molar-refractivity contribution in [2.75, 3.05) is 20.3 Å². The maximum Gasteiger partial charge on any atom is 0.338 e. The molecule has 25 heavy (non-hydrogen) atoms. The Kier molecular flexibility index (Phi) is 3.80. The van der Waals surface area contributed by atoms with E-state index in [0.717, 1.165) is 29.7 Å². The van der Waals surface area contributed by atoms with Crippen LogP contribution in [0.4, 0.5) is 0 Å². The highest BCUT2D eigenvalue weighted by Crippen LogP contribution is 2.28. The number of carbonyl (C=O) groups is 1. The number of H-pyrrole nitrogens is 1. The Morgan fingerprint density at radius 3 is 2.80 bits per heavy atom. The summed E-state index contributed by atoms with van der Waals surface area (Å²) in [5, 5.41) is 0. The van der Waals surface area contributed by atoms with Gasteiger partial charge in [0.25, 0.3) is 5.56 Å². The molecule has 1 aliphatic rings. The summed E-state index contributed by atoms with van der Waals surface area (Å²) in [5.74, 6) is 0.706. The quantitative estimate of drug-likeness (QED) is 0.722. The first-order valence-electron chi connectivity index (χ1n) is 8.30. The first-order chi connectivity index (χ1) is 12.1. The lowest BCUT2D eigenvalue weighted by Crippen LogP contribution is -2.18. The number of hydrogen-bond donors (Lipinski definition) is 1. The number of aromatic nitrogens is 3. The summed E-state index contributed by atoms with van der Waals surface area (Å²) in [6, 6.07) is 3.57. The number of aryl methyl sites for hydroxylation is 1. The fourth-order valence-corrected chi connectivity index (χ4v) is 3.52. The monoisotopic (exact) mass is 341 g/mol. The highest BCUT2D eigenvalue weighted by atomic mass is 16.5. The number of nitrogens with one attached hydrogen (secondary N) is 1. The number of esters is 1. The third kappa shape index (κ3) is 2.51. The molecule has 1 aliphatic heterocycles. The zero-order valence-electron chi connectivity index (χ0n) is 14.2. The average Bonchev–Trinajstić information content (AvgIpc) is 3.08. The van der Waals surface area contributed by atoms with E-state index < -0.39 is 5.97 Å². The van der Waals surface area contributed by atoms with Crippen LogP contribution in [0.3, 0.4) is 0 Å². The van der Waals surface area contributed by atoms with Crippen molar-refractivity contribution in [1.82, 2.24) is 14.4 Å². The fourth-order valence-electron chi connectivity index (χ4n) is 3.52. The molecule has 3 heterocycles. The Labute approximate surface area is 143 Å². The van der Waals surface area contributed by atoms with Gasteiger partial charge in [0.15, 0.2) is 0 Å². The number of fused-ring (bicyclic) bond motifs is 3. The minimum Gasteiger partial charge on any atom is -0.465 e. The minimum absolute atomic E-state index is 0.224. The molecule has 1 fully saturated rings. The second-order valence-corrected chi connectivity index (χ2v) is 6.35. The molecule has 0 bridgehead atoms. The summed E-state index contributed by atoms with van der Waals surface area (Å²) in [4.78, 5) is 31.8. The summed E-state index contributed by atoms with van der Waals surface area (Å²) in [5.41, 5.74) is 2.95. The summed E-state index contributed by atoms with van der Waals surface area (Å²) in [6.45, 7) is 3.26. The first kappa shape index (κ1) is 15.8. The zero-order chi connectivity index (χ0) is 17.6. The van der Waals surface area contributed by atoms with Crippen molar-refractivity contribution >= 4 is 22.5 Å². The highest BCUT2D eigenvalue weighted by Gasteiger charge is 2.23. The van der Waals surface area contributed by atoms with Gasteiger partial charge in [0.2, 0.25) is 0 Å². The Bertz CT molecular complexity index is 1030. The van der Waals surface area contributed by atoms with Crippen LogP contribution < -0.4 is 5.56 Å². The number of benzene rings is 1. The number of nitrogens with zero attached hydrogens (tertiary/aromatic N) is 2. The summed E-state index contributed by atoms with van der Waals surface area (Å²) >= 11 is 0. The van der Waals surface area contributed by atoms with Crippen molar-refractivity contribution in [2.45, 2.75) is 25.7 Å². The Morgan fingerprint density at radius 2 is 2.08 bits per heavy atom. The number of rotatable bonds is 2. The Morgan fingerprint density at radius 1 is 1.32 bits per heavy atom. The third-order valence-electron chi connectivity index (χ3n) is 4.85. The van der Waals surface area contributed by atoms with Crippen LogP contribution in [0.1, 0.15) is 40.5 Å². The number of ether oxygens (including phenoxy) is 2. The van der Waals surface area contributed by atoms with Gasteiger partial charge < -0.3 is 14.5 Å². The molecule has 4 rings (SSSR count). The molecule has 7 heteroatoms. The summed E-state index contributed by atoms with van der Waals surface area (Å²) in [6.07, 6.45) is 3.38. The lowest BCUT2D eigenvalue weighted by molar-refractivity contribution is 0.0600. The molecular formula is C18H19N3O4. The van der Waals surface area contributed by atoms with Gasteiger partial charge in [-0.25, -0.2) is 9.78 Å². The largest absolute Gasteiger partial charge is 0.465 e. The second kappa shape index (κ2) is 6.00. The standard InChI is InChI=1S/C18H19N3O4/c1-10-7-14-13(8-12(10)18(23)24-2)20-17(22)15-9-19-16(21(14)15)11-3-5-25-6-4-11/h7-9,11H,3-6H2,1-2H3,(H,20,22). The third-order valence-corrected chi connectivity index (χ3v) is 4.85. The van der Waals surface area contributed by atoms with Crippen LogP contribution in [0.15, 0.2) is 23.1 Å². The molecule has 0 unspecified atom stereocenters. The van der Waals surface area contributed by atoms with Gasteiger partial charge in [-0.15, -0.1) is 0 Å². The van der Waals surface area contributed by atoms with Crippen LogP contribution in [0, 0.1) is 6.92 Å². The van der Waals surface area contributed by atoms with Crippen molar-refractivity contribution < 1.29 is 14.3 Å². The number of methoxy groups -OCH3 is 1. The maximum absolute atomic E-state index is 12.5. The van der Waals surface area contributed by atoms with Gasteiger partial charge in [-0.05, 0) is 37.5 Å². The van der Waals surface area contributed by atoms with Crippen molar-refractivity contribution in [3.63, 3.8) is 0 Å². The van der Waals surface area contributed by atoms with Crippen LogP contribution >= 0.6 is 0 Å². The van der Waals surface area contributed by atoms with Crippen LogP contribution in [-0.2, 0) is 9.47 Å². The van der Waals surface area contributed by atoms with Crippen LogP contribution in [-0.4, -0.2) is 40.7 Å². The lowest BCUT2D eigenvalue weighted by Gasteiger charge is -2.21. The van der Waals surface area contributed by atoms with Gasteiger partial charge in [-0.2, -0.15) is 0 Å². The van der Waals surface area contributed by atoms with Crippen LogP contribution in [0.25, 0.3) is 16.6 Å². The van der Waals surface area contributed by atoms with E-state index in [1.54, 1.807) is 12.3 Å². The van der Waals surface area contributed by atoms with Gasteiger partial charge in [0.1, 0.15) is 11.3 Å². The predicted molar refractivity (Wildman–Crippen MR) is 92.2 cm³/mol. The van der Waals surface area contributed by atoms with Gasteiger partial charge in [-0.3, -0.25) is 9.20 Å². The molecule has 1 aromatic carbocycles. The molecule has 0 spiro atoms. The van der Waals surface area contributed by atoms with E-state index in [0.29, 0.717) is 29.8 Å². The van der Waals surface area contributed by atoms with E-state index in [1.807, 2.05) is 17.4 Å². The average molecular weight is 341 g/mol. The van der Waals surface area contributed by atoms with Gasteiger partial charge in [0.05, 0.1) is 29.9 Å². The molecule has 130 valence electrons. The molecule has 0 aliphatic carbocycles. The van der Waals surface area contributed by atoms with E-state index in [-0.39, 0.29) is 11.5 Å². The molecule has 0 saturated carbocycles. The van der Waals surface area contributed by atoms with Gasteiger partial charge >= 0.3 is 5.97 Å². The number of aromatic amines is 1. The summed E-state index contributed by atoms with van der Waals surface area (Å²) in [7, 11) is 1.34. The van der Waals surface area contributed by atoms with E-state index >= 15 is 0 Å². The molecule has 2 aromatic heterocycles. The van der Waals surface area contributed by atoms with Crippen molar-refractivity contribution in [3.05, 3.63) is 45.6 Å². The molecule has 7 nitrogen and oxygen atoms in total. The van der Waals surface area contributed by atoms with Crippen molar-refractivity contribution in [3.8, 4) is 0 Å². The SMILES string of the molecule is COC(=O)c1cc2[nH]c(=O)c3cnc(C4CCOCC4)n3c2cc1C. The normalized spacial score (nSPS) is 15.8. The topological polar surface area (TPSA) is 85.7 Å². The smallest absolute Gasteiger partial charge is 0.338 e. The van der Waals surface area contributed by atoms with E-state index in [9.17, 15) is 9.59 Å². The van der Waals surface area contributed by atoms with Gasteiger partial charge in [-0.1, -0.05) is 0 Å². The van der Waals surface area contributed by atoms with Crippen molar-refractivity contribution in [1.29, 1.82) is 0 Å². The van der Waals surface area contributed by atoms with E-state index in [4.69, 9.17) is 9.47 Å². The number of carbonyl (C=O) groups excluding carboxylic acids is 1. The van der Waals surface area contributed by atoms with Crippen LogP contribution in [0.2, 0.25) is 0 Å². The second-order valence-electron chi connectivity index (χ2n) is 6.35. The van der Waals surface area contributed by atoms with E-state index in [2.05, 4.69) is 9.97 Å². The molecule has 1 saturated heterocycles. The predicted octanol–water partition coefficient (Wildman–Crippen LogP) is 2.16. The Hall–Kier alpha value is -2.67. The minimum atomic E-state index is -0.421. The number of hydrogen-bond acceptors (Lipinski definition) is 5. The summed E-state index contributed by atoms with van der Waals surface area (Å²) < 4.78 is 12.2. The van der Waals surface area contributed by atoms with Gasteiger partial charge in [0, 0.05) is 19.1 Å². The molecule has 0 radical (unpaired) electrons. The molecule has 3 aromatic rings. The van der Waals surface area contributed by atoms with Crippen molar-refractivity contribution in [2.24, 2.45) is 0 Å². The highest BCUT2D eigenvalue weighted by molar-refractivity contribution is 5.95. The molecular weight excluding hydrogens is 322 g/mol. The Balaban J connectivity index is 2.01. The molecule has 1 N–H and O–H groups in total. The maximum atomic E-state index is 12.5. The molecule has 0 amide bonds. The number of imidazole rings is 1. The fraction of sp³-hybridized carbons (Fsp3) is 0.389. The lowest BCUT2D eigenvalue weighted by atomic mass is 9.99. The molecule has 0 atom stereocenters. The van der Waals surface area contributed by atoms with Crippen LogP contribution in [0.5, 0.6) is 0 Å². The zero-order valence-corrected chi connectivity index (χ0v) is 14.2.